The van der Waals surface area contributed by atoms with E-state index < -0.39 is 54.6 Å². The summed E-state index contributed by atoms with van der Waals surface area (Å²) in [5.74, 6) is -2.13. The van der Waals surface area contributed by atoms with Crippen LogP contribution in [0, 0.1) is 0 Å². The average Bonchev–Trinajstić information content (AvgIpc) is 2.72. The van der Waals surface area contributed by atoms with Crippen LogP contribution in [0.2, 0.25) is 0 Å². The van der Waals surface area contributed by atoms with E-state index in [1.807, 2.05) is 20.8 Å². The van der Waals surface area contributed by atoms with Crippen LogP contribution in [0.3, 0.4) is 0 Å². The monoisotopic (exact) mass is 522 g/mol. The summed E-state index contributed by atoms with van der Waals surface area (Å²) in [6.45, 7) is 7.08. The highest BCUT2D eigenvalue weighted by Crippen LogP contribution is 2.30. The van der Waals surface area contributed by atoms with Gasteiger partial charge >= 0.3 is 23.9 Å². The van der Waals surface area contributed by atoms with Gasteiger partial charge in [-0.3, -0.25) is 19.2 Å². The molecule has 5 atom stereocenters. The summed E-state index contributed by atoms with van der Waals surface area (Å²) in [4.78, 5) is 49.1. The molecule has 0 radical (unpaired) electrons. The second kappa shape index (κ2) is 15.2. The summed E-state index contributed by atoms with van der Waals surface area (Å²) < 4.78 is 27.9. The van der Waals surface area contributed by atoms with Gasteiger partial charge < -0.3 is 23.7 Å². The molecule has 0 aromatic carbocycles. The molecule has 1 fully saturated rings. The van der Waals surface area contributed by atoms with Gasteiger partial charge in [-0.25, -0.2) is 0 Å². The summed E-state index contributed by atoms with van der Waals surface area (Å²) in [5, 5.41) is 0.617. The number of alkyl halides is 1. The number of hydrogen-bond donors (Lipinski definition) is 0. The summed E-state index contributed by atoms with van der Waals surface area (Å²) in [7, 11) is 0. The molecule has 0 aromatic heterocycles. The van der Waals surface area contributed by atoms with E-state index in [2.05, 4.69) is 15.9 Å². The lowest BCUT2D eigenvalue weighted by Gasteiger charge is -2.43. The molecule has 1 rings (SSSR count). The maximum Gasteiger partial charge on any atom is 0.308 e. The highest BCUT2D eigenvalue weighted by Gasteiger charge is 2.52. The maximum absolute atomic E-state index is 12.3. The van der Waals surface area contributed by atoms with Crippen LogP contribution in [0.15, 0.2) is 0 Å². The first-order valence-electron chi connectivity index (χ1n) is 11.3. The average molecular weight is 523 g/mol. The number of halogens is 1. The molecular weight excluding hydrogens is 488 g/mol. The summed E-state index contributed by atoms with van der Waals surface area (Å²) in [6, 6.07) is 0. The van der Waals surface area contributed by atoms with Crippen molar-refractivity contribution in [2.45, 2.75) is 110 Å². The number of carbonyl (C=O) groups excluding carboxylic acids is 4. The molecule has 1 heterocycles. The fourth-order valence-corrected chi connectivity index (χ4v) is 3.41. The molecular formula is C22H35BrO9. The predicted octanol–water partition coefficient (Wildman–Crippen LogP) is 3.59. The standard InChI is InChI=1S/C22H35BrO9/c1-5-9-15(24)29-19-14(4)28-22(32-18(27)12-8-13-23)21(31-17(26)11-7-3)20(19)30-16(25)10-6-2/h14,19-22H,5-13H2,1-4H3/t14-,19+,20+,21-,22?/m0/s1. The van der Waals surface area contributed by atoms with Gasteiger partial charge in [0.1, 0.15) is 0 Å². The number of esters is 4. The lowest BCUT2D eigenvalue weighted by atomic mass is 9.98. The first-order chi connectivity index (χ1) is 15.3. The Labute approximate surface area is 197 Å². The Morgan fingerprint density at radius 2 is 1.12 bits per heavy atom. The fourth-order valence-electron chi connectivity index (χ4n) is 3.13. The Kier molecular flexibility index (Phi) is 13.5. The molecule has 9 nitrogen and oxygen atoms in total. The van der Waals surface area contributed by atoms with E-state index in [1.165, 1.54) is 0 Å². The Balaban J connectivity index is 3.22. The normalized spacial score (nSPS) is 25.0. The molecule has 0 spiro atoms. The molecule has 0 N–H and O–H groups in total. The topological polar surface area (TPSA) is 114 Å². The summed E-state index contributed by atoms with van der Waals surface area (Å²) in [6.07, 6.45) is -2.78. The van der Waals surface area contributed by atoms with Gasteiger partial charge in [-0.2, -0.15) is 0 Å². The van der Waals surface area contributed by atoms with Crippen molar-refractivity contribution in [2.24, 2.45) is 0 Å². The molecule has 1 unspecified atom stereocenters. The van der Waals surface area contributed by atoms with Crippen molar-refractivity contribution in [1.82, 2.24) is 0 Å². The number of rotatable bonds is 13. The fraction of sp³-hybridized carbons (Fsp3) is 0.818. The summed E-state index contributed by atoms with van der Waals surface area (Å²) in [5.41, 5.74) is 0. The van der Waals surface area contributed by atoms with E-state index in [0.29, 0.717) is 31.0 Å². The van der Waals surface area contributed by atoms with Gasteiger partial charge in [-0.05, 0) is 32.6 Å². The van der Waals surface area contributed by atoms with Gasteiger partial charge in [0.15, 0.2) is 12.2 Å². The predicted molar refractivity (Wildman–Crippen MR) is 118 cm³/mol. The van der Waals surface area contributed by atoms with Crippen molar-refractivity contribution in [3.63, 3.8) is 0 Å². The molecule has 0 amide bonds. The highest BCUT2D eigenvalue weighted by atomic mass is 79.9. The van der Waals surface area contributed by atoms with Gasteiger partial charge in [-0.1, -0.05) is 36.7 Å². The molecule has 1 aliphatic heterocycles. The molecule has 0 bridgehead atoms. The van der Waals surface area contributed by atoms with Crippen LogP contribution in [-0.2, 0) is 42.9 Å². The van der Waals surface area contributed by atoms with Crippen molar-refractivity contribution < 1.29 is 42.9 Å². The van der Waals surface area contributed by atoms with E-state index in [4.69, 9.17) is 23.7 Å². The van der Waals surface area contributed by atoms with Crippen molar-refractivity contribution >= 4 is 39.8 Å². The minimum Gasteiger partial charge on any atom is -0.455 e. The zero-order chi connectivity index (χ0) is 24.1. The molecule has 0 saturated carbocycles. The Bertz CT molecular complexity index is 625. The second-order valence-corrected chi connectivity index (χ2v) is 8.40. The molecule has 1 aliphatic rings. The third-order valence-corrected chi connectivity index (χ3v) is 5.22. The number of carbonyl (C=O) groups is 4. The molecule has 1 saturated heterocycles. The van der Waals surface area contributed by atoms with Gasteiger partial charge in [0.2, 0.25) is 12.4 Å². The Morgan fingerprint density at radius 3 is 1.59 bits per heavy atom. The van der Waals surface area contributed by atoms with Crippen LogP contribution in [-0.4, -0.2) is 59.9 Å². The number of hydrogen-bond acceptors (Lipinski definition) is 9. The first-order valence-corrected chi connectivity index (χ1v) is 12.4. The van der Waals surface area contributed by atoms with Crippen molar-refractivity contribution in [1.29, 1.82) is 0 Å². The van der Waals surface area contributed by atoms with E-state index in [-0.39, 0.29) is 25.7 Å². The van der Waals surface area contributed by atoms with Gasteiger partial charge in [-0.15, -0.1) is 0 Å². The largest absolute Gasteiger partial charge is 0.455 e. The van der Waals surface area contributed by atoms with Crippen LogP contribution in [0.5, 0.6) is 0 Å². The maximum atomic E-state index is 12.3. The quantitative estimate of drug-likeness (QED) is 0.203. The zero-order valence-electron chi connectivity index (χ0n) is 19.3. The van der Waals surface area contributed by atoms with E-state index in [0.717, 1.165) is 0 Å². The number of ether oxygens (including phenoxy) is 5. The SMILES string of the molecule is CCCC(=O)O[C@@H]1[C@H](OC(=O)CCC)[C@H](C)OC(OC(=O)CCCBr)[C@H]1OC(=O)CCC. The minimum absolute atomic E-state index is 0.117. The van der Waals surface area contributed by atoms with E-state index in [1.54, 1.807) is 6.92 Å². The van der Waals surface area contributed by atoms with Crippen LogP contribution >= 0.6 is 15.9 Å². The van der Waals surface area contributed by atoms with Crippen molar-refractivity contribution in [2.75, 3.05) is 5.33 Å². The van der Waals surface area contributed by atoms with Gasteiger partial charge in [0.25, 0.3) is 0 Å². The molecule has 0 aromatic rings. The smallest absolute Gasteiger partial charge is 0.308 e. The molecule has 32 heavy (non-hydrogen) atoms. The van der Waals surface area contributed by atoms with Crippen LogP contribution in [0.1, 0.15) is 79.1 Å². The van der Waals surface area contributed by atoms with Crippen LogP contribution < -0.4 is 0 Å². The molecule has 184 valence electrons. The van der Waals surface area contributed by atoms with Crippen molar-refractivity contribution in [3.05, 3.63) is 0 Å². The summed E-state index contributed by atoms with van der Waals surface area (Å²) >= 11 is 3.25. The van der Waals surface area contributed by atoms with E-state index >= 15 is 0 Å². The van der Waals surface area contributed by atoms with E-state index in [9.17, 15) is 19.2 Å². The molecule has 10 heteroatoms. The lowest BCUT2D eigenvalue weighted by Crippen LogP contribution is -2.61. The Hall–Kier alpha value is -1.68. The van der Waals surface area contributed by atoms with Gasteiger partial charge in [0.05, 0.1) is 6.10 Å². The third-order valence-electron chi connectivity index (χ3n) is 4.65. The molecule has 0 aliphatic carbocycles. The third kappa shape index (κ3) is 9.44. The Morgan fingerprint density at radius 1 is 0.688 bits per heavy atom. The minimum atomic E-state index is -1.30. The van der Waals surface area contributed by atoms with Crippen molar-refractivity contribution in [3.8, 4) is 0 Å². The van der Waals surface area contributed by atoms with Gasteiger partial charge in [0, 0.05) is 31.0 Å². The highest BCUT2D eigenvalue weighted by molar-refractivity contribution is 9.09. The van der Waals surface area contributed by atoms with Crippen LogP contribution in [0.25, 0.3) is 0 Å². The second-order valence-electron chi connectivity index (χ2n) is 7.61. The van der Waals surface area contributed by atoms with Crippen LogP contribution in [0.4, 0.5) is 0 Å². The zero-order valence-corrected chi connectivity index (χ0v) is 20.9. The lowest BCUT2D eigenvalue weighted by molar-refractivity contribution is -0.294. The first kappa shape index (κ1) is 28.4.